The SMILES string of the molecule is CCCCCCCCCCCCCCCCCCCCC/C=C/C(O)C(CO)NC(=O)CCCCCCCCCCCCCCC/C=C\C/C=C\CCCCCCCCCCCOC(=O)CCCCCCCCCCCCCCCCCCCCC. The third kappa shape index (κ3) is 71.2. The Kier molecular flexibility index (Phi) is 73.9. The van der Waals surface area contributed by atoms with E-state index in [1.165, 1.54) is 366 Å². The maximum atomic E-state index is 12.5. The highest BCUT2D eigenvalue weighted by atomic mass is 16.5. The van der Waals surface area contributed by atoms with Crippen LogP contribution in [-0.2, 0) is 14.3 Å². The predicted molar refractivity (Wildman–Crippen MR) is 379 cm³/mol. The second-order valence-corrected chi connectivity index (χ2v) is 27.0. The van der Waals surface area contributed by atoms with Gasteiger partial charge in [-0.25, -0.2) is 0 Å². The minimum Gasteiger partial charge on any atom is -0.466 e. The molecule has 0 aromatic heterocycles. The number of aliphatic hydroxyl groups excluding tert-OH is 2. The van der Waals surface area contributed by atoms with Gasteiger partial charge in [0.25, 0.3) is 0 Å². The van der Waals surface area contributed by atoms with Crippen LogP contribution < -0.4 is 5.32 Å². The topological polar surface area (TPSA) is 95.9 Å². The zero-order valence-electron chi connectivity index (χ0n) is 58.3. The van der Waals surface area contributed by atoms with Crippen LogP contribution in [0.5, 0.6) is 0 Å². The van der Waals surface area contributed by atoms with Crippen molar-refractivity contribution in [2.24, 2.45) is 0 Å². The highest BCUT2D eigenvalue weighted by Gasteiger charge is 2.18. The van der Waals surface area contributed by atoms with Crippen molar-refractivity contribution in [3.8, 4) is 0 Å². The number of carbonyl (C=O) groups excluding carboxylic acids is 2. The van der Waals surface area contributed by atoms with Crippen LogP contribution >= 0.6 is 0 Å². The van der Waals surface area contributed by atoms with Crippen molar-refractivity contribution >= 4 is 11.9 Å². The number of rotatable bonds is 74. The first-order valence-electron chi connectivity index (χ1n) is 39.3. The van der Waals surface area contributed by atoms with Crippen molar-refractivity contribution in [1.29, 1.82) is 0 Å². The van der Waals surface area contributed by atoms with E-state index in [1.54, 1.807) is 6.08 Å². The standard InChI is InChI=1S/C80H153NO5/c1-3-5-7-9-11-13-15-17-19-21-23-33-37-40-44-48-52-56-60-64-68-72-78(83)77(76-82)81-79(84)73-69-65-61-57-53-49-45-41-38-34-31-29-27-25-24-26-28-30-32-35-39-43-47-51-55-59-63-67-71-75-86-80(85)74-70-66-62-58-54-50-46-42-36-22-20-18-16-14-12-10-8-6-4-2/h24,26,30,32,68,72,77-78,82-83H,3-23,25,27-29,31,33-67,69-71,73-76H2,1-2H3,(H,81,84)/b26-24-,32-30-,72-68+. The molecule has 0 bridgehead atoms. The third-order valence-electron chi connectivity index (χ3n) is 18.4. The lowest BCUT2D eigenvalue weighted by Gasteiger charge is -2.20. The summed E-state index contributed by atoms with van der Waals surface area (Å²) >= 11 is 0. The van der Waals surface area contributed by atoms with E-state index in [2.05, 4.69) is 43.5 Å². The summed E-state index contributed by atoms with van der Waals surface area (Å²) in [6.07, 6.45) is 98.3. The van der Waals surface area contributed by atoms with Gasteiger partial charge in [-0.05, 0) is 64.2 Å². The Morgan fingerprint density at radius 3 is 0.884 bits per heavy atom. The maximum absolute atomic E-state index is 12.5. The van der Waals surface area contributed by atoms with E-state index in [9.17, 15) is 19.8 Å². The first-order chi connectivity index (χ1) is 42.5. The monoisotopic (exact) mass is 1210 g/mol. The van der Waals surface area contributed by atoms with Crippen LogP contribution in [0.25, 0.3) is 0 Å². The van der Waals surface area contributed by atoms with E-state index in [-0.39, 0.29) is 18.5 Å². The number of hydrogen-bond acceptors (Lipinski definition) is 5. The quantitative estimate of drug-likeness (QED) is 0.0320. The number of carbonyl (C=O) groups is 2. The molecule has 0 spiro atoms. The van der Waals surface area contributed by atoms with Crippen LogP contribution in [0.2, 0.25) is 0 Å². The van der Waals surface area contributed by atoms with Crippen LogP contribution in [-0.4, -0.2) is 47.4 Å². The van der Waals surface area contributed by atoms with Crippen LogP contribution in [0.4, 0.5) is 0 Å². The number of esters is 1. The van der Waals surface area contributed by atoms with E-state index >= 15 is 0 Å². The average molecular weight is 1210 g/mol. The van der Waals surface area contributed by atoms with Gasteiger partial charge in [0.05, 0.1) is 25.4 Å². The Bertz CT molecular complexity index is 1390. The minimum absolute atomic E-state index is 0.0173. The zero-order chi connectivity index (χ0) is 62.0. The highest BCUT2D eigenvalue weighted by molar-refractivity contribution is 5.76. The summed E-state index contributed by atoms with van der Waals surface area (Å²) in [5, 5.41) is 23.3. The molecule has 0 heterocycles. The normalized spacial score (nSPS) is 12.7. The molecular weight excluding hydrogens is 1050 g/mol. The Morgan fingerprint density at radius 2 is 0.581 bits per heavy atom. The summed E-state index contributed by atoms with van der Waals surface area (Å²) in [6.45, 7) is 4.95. The number of nitrogens with one attached hydrogen (secondary N) is 1. The Hall–Kier alpha value is -1.92. The van der Waals surface area contributed by atoms with Gasteiger partial charge in [-0.15, -0.1) is 0 Å². The second-order valence-electron chi connectivity index (χ2n) is 27.0. The molecular formula is C80H153NO5. The fourth-order valence-corrected chi connectivity index (χ4v) is 12.4. The summed E-state index contributed by atoms with van der Waals surface area (Å²) in [5.74, 6) is -0.0475. The van der Waals surface area contributed by atoms with E-state index in [0.717, 1.165) is 44.9 Å². The van der Waals surface area contributed by atoms with E-state index in [4.69, 9.17) is 4.74 Å². The van der Waals surface area contributed by atoms with Gasteiger partial charge in [0, 0.05) is 12.8 Å². The van der Waals surface area contributed by atoms with Crippen LogP contribution in [0, 0.1) is 0 Å². The molecule has 2 unspecified atom stereocenters. The lowest BCUT2D eigenvalue weighted by Crippen LogP contribution is -2.45. The van der Waals surface area contributed by atoms with Gasteiger partial charge in [0.15, 0.2) is 0 Å². The molecule has 6 nitrogen and oxygen atoms in total. The lowest BCUT2D eigenvalue weighted by atomic mass is 10.0. The predicted octanol–water partition coefficient (Wildman–Crippen LogP) is 25.8. The smallest absolute Gasteiger partial charge is 0.305 e. The summed E-state index contributed by atoms with van der Waals surface area (Å²) in [5.41, 5.74) is 0. The molecule has 86 heavy (non-hydrogen) atoms. The zero-order valence-corrected chi connectivity index (χ0v) is 58.3. The molecule has 0 saturated carbocycles. The van der Waals surface area contributed by atoms with Gasteiger partial charge in [0.2, 0.25) is 5.91 Å². The number of allylic oxidation sites excluding steroid dienone is 5. The Labute approximate surface area is 538 Å². The van der Waals surface area contributed by atoms with E-state index in [0.29, 0.717) is 19.4 Å². The number of unbranched alkanes of at least 4 members (excludes halogenated alkanes) is 59. The molecule has 0 radical (unpaired) electrons. The van der Waals surface area contributed by atoms with Crippen molar-refractivity contribution in [2.45, 2.75) is 450 Å². The third-order valence-corrected chi connectivity index (χ3v) is 18.4. The Morgan fingerprint density at radius 1 is 0.326 bits per heavy atom. The first-order valence-corrected chi connectivity index (χ1v) is 39.3. The second kappa shape index (κ2) is 75.5. The lowest BCUT2D eigenvalue weighted by molar-refractivity contribution is -0.143. The largest absolute Gasteiger partial charge is 0.466 e. The molecule has 0 aliphatic carbocycles. The summed E-state index contributed by atoms with van der Waals surface area (Å²) in [7, 11) is 0. The van der Waals surface area contributed by atoms with Gasteiger partial charge in [-0.1, -0.05) is 397 Å². The summed E-state index contributed by atoms with van der Waals surface area (Å²) in [4.78, 5) is 24.7. The van der Waals surface area contributed by atoms with Crippen molar-refractivity contribution in [3.05, 3.63) is 36.5 Å². The fourth-order valence-electron chi connectivity index (χ4n) is 12.4. The maximum Gasteiger partial charge on any atom is 0.305 e. The molecule has 0 fully saturated rings. The first kappa shape index (κ1) is 84.1. The number of hydrogen-bond donors (Lipinski definition) is 3. The van der Waals surface area contributed by atoms with Crippen LogP contribution in [0.15, 0.2) is 36.5 Å². The molecule has 0 aliphatic rings. The number of ether oxygens (including phenoxy) is 1. The minimum atomic E-state index is -0.847. The molecule has 0 rings (SSSR count). The molecule has 0 aromatic rings. The molecule has 0 aliphatic heterocycles. The van der Waals surface area contributed by atoms with Crippen molar-refractivity contribution in [1.82, 2.24) is 5.32 Å². The highest BCUT2D eigenvalue weighted by Crippen LogP contribution is 2.19. The van der Waals surface area contributed by atoms with Crippen LogP contribution in [0.1, 0.15) is 438 Å². The molecule has 6 heteroatoms. The molecule has 0 aromatic carbocycles. The van der Waals surface area contributed by atoms with Gasteiger partial charge >= 0.3 is 5.97 Å². The molecule has 0 saturated heterocycles. The average Bonchev–Trinajstić information content (AvgIpc) is 3.54. The van der Waals surface area contributed by atoms with E-state index < -0.39 is 12.1 Å². The summed E-state index contributed by atoms with van der Waals surface area (Å²) < 4.78 is 5.51. The molecule has 2 atom stereocenters. The van der Waals surface area contributed by atoms with Gasteiger partial charge < -0.3 is 20.3 Å². The molecule has 1 amide bonds. The van der Waals surface area contributed by atoms with Gasteiger partial charge in [0.1, 0.15) is 0 Å². The summed E-state index contributed by atoms with van der Waals surface area (Å²) in [6, 6.07) is -0.630. The number of amides is 1. The van der Waals surface area contributed by atoms with Crippen molar-refractivity contribution < 1.29 is 24.5 Å². The fraction of sp³-hybridized carbons (Fsp3) is 0.900. The molecule has 508 valence electrons. The van der Waals surface area contributed by atoms with Crippen LogP contribution in [0.3, 0.4) is 0 Å². The van der Waals surface area contributed by atoms with Gasteiger partial charge in [-0.3, -0.25) is 9.59 Å². The van der Waals surface area contributed by atoms with Gasteiger partial charge in [-0.2, -0.15) is 0 Å². The Balaban J connectivity index is 3.41. The number of aliphatic hydroxyl groups is 2. The van der Waals surface area contributed by atoms with Crippen molar-refractivity contribution in [3.63, 3.8) is 0 Å². The van der Waals surface area contributed by atoms with E-state index in [1.807, 2.05) is 6.08 Å². The molecule has 3 N–H and O–H groups in total. The van der Waals surface area contributed by atoms with Crippen molar-refractivity contribution in [2.75, 3.05) is 13.2 Å².